The molecule has 0 bridgehead atoms. The van der Waals surface area contributed by atoms with Gasteiger partial charge in [0.1, 0.15) is 0 Å². The van der Waals surface area contributed by atoms with Gasteiger partial charge >= 0.3 is 12.0 Å². The van der Waals surface area contributed by atoms with Crippen LogP contribution in [0.15, 0.2) is 36.7 Å². The minimum Gasteiger partial charge on any atom is -0.478 e. The largest absolute Gasteiger partial charge is 0.478 e. The first-order valence-electron chi connectivity index (χ1n) is 6.20. The zero-order chi connectivity index (χ0) is 15.2. The van der Waals surface area contributed by atoms with Crippen molar-refractivity contribution in [2.75, 3.05) is 5.32 Å². The molecule has 0 aliphatic carbocycles. The van der Waals surface area contributed by atoms with Crippen molar-refractivity contribution in [2.45, 2.75) is 13.5 Å². The van der Waals surface area contributed by atoms with Crippen LogP contribution in [0, 0.1) is 6.92 Å². The summed E-state index contributed by atoms with van der Waals surface area (Å²) in [6.07, 6.45) is 2.58. The first-order valence-corrected chi connectivity index (χ1v) is 6.20. The number of pyridine rings is 2. The Labute approximate surface area is 121 Å². The summed E-state index contributed by atoms with van der Waals surface area (Å²) in [5.41, 5.74) is 1.92. The number of carbonyl (C=O) groups is 2. The summed E-state index contributed by atoms with van der Waals surface area (Å²) in [5, 5.41) is 14.0. The monoisotopic (exact) mass is 286 g/mol. The van der Waals surface area contributed by atoms with E-state index in [4.69, 9.17) is 5.11 Å². The minimum absolute atomic E-state index is 0.00755. The van der Waals surface area contributed by atoms with E-state index in [1.54, 1.807) is 6.07 Å². The van der Waals surface area contributed by atoms with Gasteiger partial charge in [-0.15, -0.1) is 0 Å². The fraction of sp³-hybridized carbons (Fsp3) is 0.143. The topological polar surface area (TPSA) is 104 Å². The van der Waals surface area contributed by atoms with Crippen LogP contribution in [0.4, 0.5) is 10.5 Å². The highest BCUT2D eigenvalue weighted by Crippen LogP contribution is 2.08. The Bertz CT molecular complexity index is 673. The number of aromatic carboxylic acids is 1. The first kappa shape index (κ1) is 14.4. The maximum atomic E-state index is 11.7. The summed E-state index contributed by atoms with van der Waals surface area (Å²) in [6.45, 7) is 2.15. The number of amides is 2. The van der Waals surface area contributed by atoms with Crippen molar-refractivity contribution in [1.29, 1.82) is 0 Å². The second-order valence-electron chi connectivity index (χ2n) is 4.35. The quantitative estimate of drug-likeness (QED) is 0.795. The number of aromatic nitrogens is 2. The molecule has 0 atom stereocenters. The molecule has 0 fully saturated rings. The Morgan fingerprint density at radius 3 is 2.81 bits per heavy atom. The molecule has 0 saturated heterocycles. The van der Waals surface area contributed by atoms with E-state index in [9.17, 15) is 9.59 Å². The van der Waals surface area contributed by atoms with Crippen LogP contribution in [0.2, 0.25) is 0 Å². The van der Waals surface area contributed by atoms with E-state index in [-0.39, 0.29) is 12.1 Å². The molecule has 0 saturated carbocycles. The molecule has 0 aliphatic rings. The maximum Gasteiger partial charge on any atom is 0.337 e. The average Bonchev–Trinajstić information content (AvgIpc) is 2.45. The molecule has 108 valence electrons. The Morgan fingerprint density at radius 2 is 2.10 bits per heavy atom. The van der Waals surface area contributed by atoms with Gasteiger partial charge < -0.3 is 15.7 Å². The van der Waals surface area contributed by atoms with E-state index in [1.807, 2.05) is 19.1 Å². The first-order chi connectivity index (χ1) is 10.0. The molecule has 21 heavy (non-hydrogen) atoms. The molecule has 7 nitrogen and oxygen atoms in total. The third kappa shape index (κ3) is 4.27. The van der Waals surface area contributed by atoms with Crippen LogP contribution in [0.5, 0.6) is 0 Å². The van der Waals surface area contributed by atoms with Crippen molar-refractivity contribution in [3.05, 3.63) is 53.6 Å². The highest BCUT2D eigenvalue weighted by atomic mass is 16.4. The number of nitrogens with one attached hydrogen (secondary N) is 2. The number of carboxylic acids is 1. The summed E-state index contributed by atoms with van der Waals surface area (Å²) in [6, 6.07) is 6.41. The molecule has 0 aromatic carbocycles. The SMILES string of the molecule is Cc1cccc(CNC(=O)Nc2cncc(C(=O)O)c2)n1. The zero-order valence-corrected chi connectivity index (χ0v) is 11.3. The van der Waals surface area contributed by atoms with Crippen molar-refractivity contribution in [1.82, 2.24) is 15.3 Å². The van der Waals surface area contributed by atoms with Gasteiger partial charge in [0.15, 0.2) is 0 Å². The maximum absolute atomic E-state index is 11.7. The van der Waals surface area contributed by atoms with Gasteiger partial charge in [0.2, 0.25) is 0 Å². The molecule has 2 aromatic heterocycles. The van der Waals surface area contributed by atoms with Gasteiger partial charge in [-0.05, 0) is 25.1 Å². The number of hydrogen-bond acceptors (Lipinski definition) is 4. The molecular weight excluding hydrogens is 272 g/mol. The van der Waals surface area contributed by atoms with E-state index in [1.165, 1.54) is 18.5 Å². The summed E-state index contributed by atoms with van der Waals surface area (Å²) >= 11 is 0. The number of aryl methyl sites for hydroxylation is 1. The second-order valence-corrected chi connectivity index (χ2v) is 4.35. The Morgan fingerprint density at radius 1 is 1.29 bits per heavy atom. The number of hydrogen-bond donors (Lipinski definition) is 3. The summed E-state index contributed by atoms with van der Waals surface area (Å²) in [7, 11) is 0. The molecule has 2 rings (SSSR count). The standard InChI is InChI=1S/C14H14N4O3/c1-9-3-2-4-11(17-9)8-16-14(21)18-12-5-10(13(19)20)6-15-7-12/h2-7H,8H2,1H3,(H,19,20)(H2,16,18,21). The zero-order valence-electron chi connectivity index (χ0n) is 11.3. The third-order valence-electron chi connectivity index (χ3n) is 2.62. The minimum atomic E-state index is -1.10. The summed E-state index contributed by atoms with van der Waals surface area (Å²) in [5.74, 6) is -1.10. The normalized spacial score (nSPS) is 9.95. The van der Waals surface area contributed by atoms with E-state index < -0.39 is 12.0 Å². The molecular formula is C14H14N4O3. The van der Waals surface area contributed by atoms with Gasteiger partial charge in [-0.25, -0.2) is 9.59 Å². The van der Waals surface area contributed by atoms with Gasteiger partial charge in [0.25, 0.3) is 0 Å². The lowest BCUT2D eigenvalue weighted by molar-refractivity contribution is 0.0696. The number of anilines is 1. The molecule has 3 N–H and O–H groups in total. The van der Waals surface area contributed by atoms with Gasteiger partial charge in [-0.3, -0.25) is 9.97 Å². The van der Waals surface area contributed by atoms with Gasteiger partial charge in [-0.2, -0.15) is 0 Å². The van der Waals surface area contributed by atoms with E-state index in [2.05, 4.69) is 20.6 Å². The fourth-order valence-corrected chi connectivity index (χ4v) is 1.67. The van der Waals surface area contributed by atoms with Crippen LogP contribution in [0.3, 0.4) is 0 Å². The number of carbonyl (C=O) groups excluding carboxylic acids is 1. The fourth-order valence-electron chi connectivity index (χ4n) is 1.67. The molecule has 7 heteroatoms. The van der Waals surface area contributed by atoms with Gasteiger partial charge in [0.05, 0.1) is 29.7 Å². The lowest BCUT2D eigenvalue weighted by Crippen LogP contribution is -2.28. The van der Waals surface area contributed by atoms with Crippen LogP contribution in [0.25, 0.3) is 0 Å². The number of carboxylic acid groups (broad SMARTS) is 1. The Hall–Kier alpha value is -2.96. The molecule has 2 aromatic rings. The molecule has 0 unspecified atom stereocenters. The van der Waals surface area contributed by atoms with Crippen molar-refractivity contribution < 1.29 is 14.7 Å². The highest BCUT2D eigenvalue weighted by molar-refractivity contribution is 5.92. The van der Waals surface area contributed by atoms with Crippen LogP contribution in [0.1, 0.15) is 21.7 Å². The smallest absolute Gasteiger partial charge is 0.337 e. The second kappa shape index (κ2) is 6.47. The van der Waals surface area contributed by atoms with Crippen LogP contribution < -0.4 is 10.6 Å². The lowest BCUT2D eigenvalue weighted by atomic mass is 10.2. The molecule has 2 amide bonds. The summed E-state index contributed by atoms with van der Waals surface area (Å²) < 4.78 is 0. The van der Waals surface area contributed by atoms with Crippen molar-refractivity contribution in [3.8, 4) is 0 Å². The van der Waals surface area contributed by atoms with Crippen molar-refractivity contribution in [3.63, 3.8) is 0 Å². The Balaban J connectivity index is 1.93. The van der Waals surface area contributed by atoms with Crippen molar-refractivity contribution >= 4 is 17.7 Å². The van der Waals surface area contributed by atoms with E-state index in [0.717, 1.165) is 11.4 Å². The Kier molecular flexibility index (Phi) is 4.45. The molecule has 2 heterocycles. The summed E-state index contributed by atoms with van der Waals surface area (Å²) in [4.78, 5) is 30.5. The van der Waals surface area contributed by atoms with Crippen LogP contribution >= 0.6 is 0 Å². The predicted molar refractivity (Wildman–Crippen MR) is 76.0 cm³/mol. The lowest BCUT2D eigenvalue weighted by Gasteiger charge is -2.08. The predicted octanol–water partition coefficient (Wildman–Crippen LogP) is 1.80. The highest BCUT2D eigenvalue weighted by Gasteiger charge is 2.07. The molecule has 0 aliphatic heterocycles. The van der Waals surface area contributed by atoms with Crippen LogP contribution in [-0.2, 0) is 6.54 Å². The van der Waals surface area contributed by atoms with Crippen molar-refractivity contribution in [2.24, 2.45) is 0 Å². The number of nitrogens with zero attached hydrogens (tertiary/aromatic N) is 2. The molecule has 0 spiro atoms. The number of rotatable bonds is 4. The van der Waals surface area contributed by atoms with E-state index in [0.29, 0.717) is 5.69 Å². The number of urea groups is 1. The van der Waals surface area contributed by atoms with Gasteiger partial charge in [0, 0.05) is 11.9 Å². The third-order valence-corrected chi connectivity index (χ3v) is 2.62. The van der Waals surface area contributed by atoms with E-state index >= 15 is 0 Å². The molecule has 0 radical (unpaired) electrons. The van der Waals surface area contributed by atoms with Gasteiger partial charge in [-0.1, -0.05) is 6.07 Å². The average molecular weight is 286 g/mol. The van der Waals surface area contributed by atoms with Crippen LogP contribution in [-0.4, -0.2) is 27.1 Å².